The number of rotatable bonds is 3. The monoisotopic (exact) mass is 379 g/mol. The Morgan fingerprint density at radius 1 is 1.00 bits per heavy atom. The Bertz CT molecular complexity index is 860. The van der Waals surface area contributed by atoms with Gasteiger partial charge < -0.3 is 20.2 Å². The molecule has 2 aromatic rings. The number of nitrogens with one attached hydrogen (secondary N) is 1. The van der Waals surface area contributed by atoms with Gasteiger partial charge in [0.2, 0.25) is 0 Å². The van der Waals surface area contributed by atoms with Gasteiger partial charge in [0.05, 0.1) is 12.6 Å². The predicted molar refractivity (Wildman–Crippen MR) is 106 cm³/mol. The van der Waals surface area contributed by atoms with E-state index in [1.54, 1.807) is 4.90 Å². The molecule has 0 saturated carbocycles. The molecule has 2 aliphatic rings. The fraction of sp³-hybridized carbons (Fsp3) is 0.364. The summed E-state index contributed by atoms with van der Waals surface area (Å²) >= 11 is 0. The SMILES string of the molecule is O=C(NCc1ccc(C(=O)N2CCCC2)cc1)N1Cc2ccccc2[C@H](O)C1. The van der Waals surface area contributed by atoms with Gasteiger partial charge in [0.15, 0.2) is 0 Å². The Kier molecular flexibility index (Phi) is 5.30. The highest BCUT2D eigenvalue weighted by Crippen LogP contribution is 2.26. The van der Waals surface area contributed by atoms with Crippen molar-refractivity contribution in [3.63, 3.8) is 0 Å². The predicted octanol–water partition coefficient (Wildman–Crippen LogP) is 2.68. The standard InChI is InChI=1S/C22H25N3O3/c26-20-15-25(14-18-5-1-2-6-19(18)20)22(28)23-13-16-7-9-17(10-8-16)21(27)24-11-3-4-12-24/h1-2,5-10,20,26H,3-4,11-15H2,(H,23,28)/t20-/m1/s1. The smallest absolute Gasteiger partial charge is 0.318 e. The molecule has 0 spiro atoms. The van der Waals surface area contributed by atoms with Gasteiger partial charge in [-0.25, -0.2) is 4.79 Å². The minimum absolute atomic E-state index is 0.0778. The Morgan fingerprint density at radius 3 is 2.46 bits per heavy atom. The first-order valence-corrected chi connectivity index (χ1v) is 9.78. The number of carbonyl (C=O) groups is 2. The van der Waals surface area contributed by atoms with Crippen LogP contribution >= 0.6 is 0 Å². The molecular weight excluding hydrogens is 354 g/mol. The molecule has 0 bridgehead atoms. The zero-order chi connectivity index (χ0) is 19.5. The molecule has 3 amide bonds. The summed E-state index contributed by atoms with van der Waals surface area (Å²) in [7, 11) is 0. The van der Waals surface area contributed by atoms with Crippen LogP contribution in [0.1, 0.15) is 46.0 Å². The first kappa shape index (κ1) is 18.5. The van der Waals surface area contributed by atoms with Crippen molar-refractivity contribution in [2.24, 2.45) is 0 Å². The minimum Gasteiger partial charge on any atom is -0.387 e. The fourth-order valence-corrected chi connectivity index (χ4v) is 3.89. The van der Waals surface area contributed by atoms with Crippen LogP contribution in [0, 0.1) is 0 Å². The largest absolute Gasteiger partial charge is 0.387 e. The number of carbonyl (C=O) groups excluding carboxylic acids is 2. The third-order valence-corrected chi connectivity index (χ3v) is 5.49. The number of aliphatic hydroxyl groups is 1. The highest BCUT2D eigenvalue weighted by atomic mass is 16.3. The molecule has 0 unspecified atom stereocenters. The van der Waals surface area contributed by atoms with E-state index in [-0.39, 0.29) is 18.5 Å². The molecule has 4 rings (SSSR count). The number of hydrogen-bond donors (Lipinski definition) is 2. The second-order valence-electron chi connectivity index (χ2n) is 7.45. The van der Waals surface area contributed by atoms with E-state index in [9.17, 15) is 14.7 Å². The van der Waals surface area contributed by atoms with Crippen molar-refractivity contribution in [2.75, 3.05) is 19.6 Å². The van der Waals surface area contributed by atoms with E-state index in [4.69, 9.17) is 0 Å². The van der Waals surface area contributed by atoms with Crippen LogP contribution in [-0.2, 0) is 13.1 Å². The van der Waals surface area contributed by atoms with Crippen molar-refractivity contribution in [2.45, 2.75) is 32.0 Å². The summed E-state index contributed by atoms with van der Waals surface area (Å²) in [6.45, 7) is 2.82. The number of amides is 3. The number of benzene rings is 2. The first-order valence-electron chi connectivity index (χ1n) is 9.78. The zero-order valence-corrected chi connectivity index (χ0v) is 15.8. The molecule has 0 radical (unpaired) electrons. The van der Waals surface area contributed by atoms with Crippen LogP contribution in [0.2, 0.25) is 0 Å². The summed E-state index contributed by atoms with van der Waals surface area (Å²) < 4.78 is 0. The zero-order valence-electron chi connectivity index (χ0n) is 15.8. The van der Waals surface area contributed by atoms with E-state index >= 15 is 0 Å². The fourth-order valence-electron chi connectivity index (χ4n) is 3.89. The van der Waals surface area contributed by atoms with Gasteiger partial charge in [-0.05, 0) is 41.7 Å². The molecule has 1 fully saturated rings. The average molecular weight is 379 g/mol. The number of aliphatic hydroxyl groups excluding tert-OH is 1. The summed E-state index contributed by atoms with van der Waals surface area (Å²) in [4.78, 5) is 28.4. The lowest BCUT2D eigenvalue weighted by molar-refractivity contribution is 0.0792. The molecule has 0 aromatic heterocycles. The highest BCUT2D eigenvalue weighted by Gasteiger charge is 2.26. The van der Waals surface area contributed by atoms with Crippen LogP contribution in [0.5, 0.6) is 0 Å². The van der Waals surface area contributed by atoms with E-state index in [0.29, 0.717) is 18.7 Å². The van der Waals surface area contributed by atoms with E-state index in [2.05, 4.69) is 5.32 Å². The van der Waals surface area contributed by atoms with Gasteiger partial charge >= 0.3 is 6.03 Å². The Hall–Kier alpha value is -2.86. The maximum Gasteiger partial charge on any atom is 0.318 e. The molecule has 146 valence electrons. The number of hydrogen-bond acceptors (Lipinski definition) is 3. The van der Waals surface area contributed by atoms with Crippen molar-refractivity contribution in [1.29, 1.82) is 0 Å². The van der Waals surface area contributed by atoms with Gasteiger partial charge in [-0.15, -0.1) is 0 Å². The highest BCUT2D eigenvalue weighted by molar-refractivity contribution is 5.94. The van der Waals surface area contributed by atoms with Gasteiger partial charge in [0, 0.05) is 31.7 Å². The minimum atomic E-state index is -0.661. The van der Waals surface area contributed by atoms with Gasteiger partial charge in [-0.1, -0.05) is 36.4 Å². The number of fused-ring (bicyclic) bond motifs is 1. The molecule has 2 heterocycles. The maximum atomic E-state index is 12.5. The van der Waals surface area contributed by atoms with E-state index < -0.39 is 6.10 Å². The quantitative estimate of drug-likeness (QED) is 0.861. The van der Waals surface area contributed by atoms with Crippen LogP contribution < -0.4 is 5.32 Å². The lowest BCUT2D eigenvalue weighted by atomic mass is 9.98. The second-order valence-corrected chi connectivity index (χ2v) is 7.45. The Balaban J connectivity index is 1.33. The van der Waals surface area contributed by atoms with Crippen LogP contribution in [-0.4, -0.2) is 46.5 Å². The maximum absolute atomic E-state index is 12.5. The lowest BCUT2D eigenvalue weighted by Crippen LogP contribution is -2.43. The molecule has 2 aliphatic heterocycles. The normalized spacial score (nSPS) is 18.7. The van der Waals surface area contributed by atoms with Crippen molar-refractivity contribution >= 4 is 11.9 Å². The number of nitrogens with zero attached hydrogens (tertiary/aromatic N) is 2. The van der Waals surface area contributed by atoms with Crippen molar-refractivity contribution in [1.82, 2.24) is 15.1 Å². The molecule has 2 N–H and O–H groups in total. The second kappa shape index (κ2) is 8.02. The molecule has 6 nitrogen and oxygen atoms in total. The Morgan fingerprint density at radius 2 is 1.71 bits per heavy atom. The third kappa shape index (κ3) is 3.87. The van der Waals surface area contributed by atoms with Crippen LogP contribution in [0.15, 0.2) is 48.5 Å². The number of likely N-dealkylation sites (tertiary alicyclic amines) is 1. The van der Waals surface area contributed by atoms with Crippen LogP contribution in [0.25, 0.3) is 0 Å². The topological polar surface area (TPSA) is 72.9 Å². The van der Waals surface area contributed by atoms with E-state index in [0.717, 1.165) is 42.6 Å². The van der Waals surface area contributed by atoms with E-state index in [1.165, 1.54) is 0 Å². The lowest BCUT2D eigenvalue weighted by Gasteiger charge is -2.32. The van der Waals surface area contributed by atoms with Crippen molar-refractivity contribution in [3.05, 3.63) is 70.8 Å². The van der Waals surface area contributed by atoms with Gasteiger partial charge in [0.1, 0.15) is 0 Å². The van der Waals surface area contributed by atoms with E-state index in [1.807, 2.05) is 53.4 Å². The van der Waals surface area contributed by atoms with Gasteiger partial charge in [-0.2, -0.15) is 0 Å². The van der Waals surface area contributed by atoms with Crippen molar-refractivity contribution < 1.29 is 14.7 Å². The molecule has 6 heteroatoms. The van der Waals surface area contributed by atoms with Crippen molar-refractivity contribution in [3.8, 4) is 0 Å². The Labute approximate surface area is 164 Å². The number of urea groups is 1. The summed E-state index contributed by atoms with van der Waals surface area (Å²) in [6, 6.07) is 14.9. The molecule has 0 aliphatic carbocycles. The molecule has 1 saturated heterocycles. The molecule has 2 aromatic carbocycles. The first-order chi connectivity index (χ1) is 13.6. The average Bonchev–Trinajstić information content (AvgIpc) is 3.27. The molecule has 1 atom stereocenters. The summed E-state index contributed by atoms with van der Waals surface area (Å²) in [5.41, 5.74) is 3.49. The molecular formula is C22H25N3O3. The third-order valence-electron chi connectivity index (χ3n) is 5.49. The van der Waals surface area contributed by atoms with Crippen LogP contribution in [0.4, 0.5) is 4.79 Å². The number of β-amino-alcohol motifs (C(OH)–C–C–N with tert-alkyl or cyclic N) is 1. The van der Waals surface area contributed by atoms with Crippen LogP contribution in [0.3, 0.4) is 0 Å². The van der Waals surface area contributed by atoms with Gasteiger partial charge in [-0.3, -0.25) is 4.79 Å². The molecule has 28 heavy (non-hydrogen) atoms. The summed E-state index contributed by atoms with van der Waals surface area (Å²) in [6.07, 6.45) is 1.49. The summed E-state index contributed by atoms with van der Waals surface area (Å²) in [5, 5.41) is 13.2. The summed E-state index contributed by atoms with van der Waals surface area (Å²) in [5.74, 6) is 0.0778. The van der Waals surface area contributed by atoms with Gasteiger partial charge in [0.25, 0.3) is 5.91 Å².